The molecule has 0 spiro atoms. The molecule has 16 heavy (non-hydrogen) atoms. The molecule has 0 unspecified atom stereocenters. The molecule has 0 aromatic rings. The minimum absolute atomic E-state index is 0.00729. The van der Waals surface area contributed by atoms with E-state index < -0.39 is 0 Å². The fourth-order valence-electron chi connectivity index (χ4n) is 2.02. The number of nitrogens with zero attached hydrogens (tertiary/aromatic N) is 1. The van der Waals surface area contributed by atoms with E-state index in [1.165, 1.54) is 4.90 Å². The molecule has 0 aromatic carbocycles. The molecule has 1 fully saturated rings. The second-order valence-electron chi connectivity index (χ2n) is 5.24. The van der Waals surface area contributed by atoms with E-state index in [2.05, 4.69) is 12.6 Å². The summed E-state index contributed by atoms with van der Waals surface area (Å²) in [7, 11) is 0. The molecule has 0 radical (unpaired) electrons. The zero-order valence-electron chi connectivity index (χ0n) is 10.2. The maximum absolute atomic E-state index is 11.8. The zero-order valence-corrected chi connectivity index (χ0v) is 11.1. The predicted octanol–water partition coefficient (Wildman–Crippen LogP) is 2.26. The summed E-state index contributed by atoms with van der Waals surface area (Å²) in [5.41, 5.74) is -0.157. The number of amides is 2. The Morgan fingerprint density at radius 3 is 2.19 bits per heavy atom. The monoisotopic (exact) mass is 243 g/mol. The Hall–Kier alpha value is -0.510. The lowest BCUT2D eigenvalue weighted by Gasteiger charge is -2.34. The second-order valence-corrected chi connectivity index (χ2v) is 5.69. The van der Waals surface area contributed by atoms with Crippen LogP contribution in [-0.2, 0) is 9.59 Å². The molecule has 0 aliphatic carbocycles. The minimum Gasteiger partial charge on any atom is -0.283 e. The van der Waals surface area contributed by atoms with Crippen molar-refractivity contribution in [2.24, 2.45) is 5.41 Å². The van der Waals surface area contributed by atoms with E-state index in [4.69, 9.17) is 0 Å². The lowest BCUT2D eigenvalue weighted by molar-refractivity contribution is -0.152. The molecule has 2 amide bonds. The number of rotatable bonds is 5. The van der Waals surface area contributed by atoms with Crippen LogP contribution in [0.25, 0.3) is 0 Å². The van der Waals surface area contributed by atoms with Crippen LogP contribution in [0.1, 0.15) is 46.0 Å². The van der Waals surface area contributed by atoms with E-state index in [9.17, 15) is 9.59 Å². The number of hydrogen-bond acceptors (Lipinski definition) is 3. The zero-order chi connectivity index (χ0) is 12.2. The van der Waals surface area contributed by atoms with E-state index >= 15 is 0 Å². The molecule has 1 aliphatic heterocycles. The van der Waals surface area contributed by atoms with Crippen molar-refractivity contribution in [1.29, 1.82) is 0 Å². The van der Waals surface area contributed by atoms with Crippen LogP contribution in [0.2, 0.25) is 0 Å². The largest absolute Gasteiger partial charge is 0.283 e. The van der Waals surface area contributed by atoms with Crippen molar-refractivity contribution < 1.29 is 9.59 Å². The van der Waals surface area contributed by atoms with E-state index in [0.29, 0.717) is 19.4 Å². The highest BCUT2D eigenvalue weighted by Crippen LogP contribution is 2.31. The number of unbranched alkanes of at least 4 members (excludes halogenated alkanes) is 2. The van der Waals surface area contributed by atoms with E-state index in [1.807, 2.05) is 13.8 Å². The Morgan fingerprint density at radius 2 is 1.69 bits per heavy atom. The molecule has 4 heteroatoms. The van der Waals surface area contributed by atoms with Crippen LogP contribution < -0.4 is 0 Å². The number of imide groups is 1. The molecule has 92 valence electrons. The Kier molecular flexibility index (Phi) is 4.84. The smallest absolute Gasteiger partial charge is 0.229 e. The van der Waals surface area contributed by atoms with Gasteiger partial charge >= 0.3 is 0 Å². The van der Waals surface area contributed by atoms with E-state index in [-0.39, 0.29) is 17.2 Å². The highest BCUT2D eigenvalue weighted by Gasteiger charge is 2.36. The van der Waals surface area contributed by atoms with Crippen LogP contribution in [0.15, 0.2) is 0 Å². The first-order valence-electron chi connectivity index (χ1n) is 5.90. The number of likely N-dealkylation sites (tertiary alicyclic amines) is 1. The van der Waals surface area contributed by atoms with Gasteiger partial charge in [0.2, 0.25) is 11.8 Å². The highest BCUT2D eigenvalue weighted by molar-refractivity contribution is 7.80. The van der Waals surface area contributed by atoms with Crippen molar-refractivity contribution in [2.75, 3.05) is 12.3 Å². The number of hydrogen-bond donors (Lipinski definition) is 1. The third-order valence-corrected chi connectivity index (χ3v) is 3.22. The van der Waals surface area contributed by atoms with Crippen molar-refractivity contribution in [2.45, 2.75) is 46.0 Å². The summed E-state index contributed by atoms with van der Waals surface area (Å²) in [5.74, 6) is 0.855. The average Bonchev–Trinajstić information content (AvgIpc) is 2.13. The van der Waals surface area contributed by atoms with Gasteiger partial charge in [0.15, 0.2) is 0 Å². The Balaban J connectivity index is 2.42. The molecular weight excluding hydrogens is 222 g/mol. The van der Waals surface area contributed by atoms with Crippen LogP contribution in [0, 0.1) is 5.41 Å². The summed E-state index contributed by atoms with van der Waals surface area (Å²) in [6.07, 6.45) is 3.96. The lowest BCUT2D eigenvalue weighted by Crippen LogP contribution is -2.46. The highest BCUT2D eigenvalue weighted by atomic mass is 32.1. The number of piperidine rings is 1. The van der Waals surface area contributed by atoms with Crippen molar-refractivity contribution in [1.82, 2.24) is 4.90 Å². The molecule has 0 bridgehead atoms. The molecule has 3 nitrogen and oxygen atoms in total. The van der Waals surface area contributed by atoms with Crippen LogP contribution >= 0.6 is 12.6 Å². The standard InChI is InChI=1S/C12H21NO2S/c1-12(2)8-10(14)13(11(15)9-12)6-4-3-5-7-16/h16H,3-9H2,1-2H3. The van der Waals surface area contributed by atoms with Crippen molar-refractivity contribution in [3.05, 3.63) is 0 Å². The normalized spacial score (nSPS) is 20.3. The van der Waals surface area contributed by atoms with Gasteiger partial charge < -0.3 is 0 Å². The molecule has 1 saturated heterocycles. The summed E-state index contributed by atoms with van der Waals surface area (Å²) in [6, 6.07) is 0. The Bertz CT molecular complexity index is 256. The third kappa shape index (κ3) is 3.81. The number of carbonyl (C=O) groups excluding carboxylic acids is 2. The van der Waals surface area contributed by atoms with Gasteiger partial charge in [-0.05, 0) is 24.0 Å². The van der Waals surface area contributed by atoms with E-state index in [1.54, 1.807) is 0 Å². The molecule has 1 heterocycles. The van der Waals surface area contributed by atoms with Crippen molar-refractivity contribution in [3.8, 4) is 0 Å². The molecule has 0 atom stereocenters. The molecule has 1 aliphatic rings. The maximum Gasteiger partial charge on any atom is 0.229 e. The van der Waals surface area contributed by atoms with E-state index in [0.717, 1.165) is 25.0 Å². The van der Waals surface area contributed by atoms with Gasteiger partial charge in [-0.2, -0.15) is 12.6 Å². The van der Waals surface area contributed by atoms with Crippen molar-refractivity contribution in [3.63, 3.8) is 0 Å². The number of carbonyl (C=O) groups is 2. The fourth-order valence-corrected chi connectivity index (χ4v) is 2.24. The summed E-state index contributed by atoms with van der Waals surface area (Å²) >= 11 is 4.13. The second kappa shape index (κ2) is 5.71. The predicted molar refractivity (Wildman–Crippen MR) is 67.4 cm³/mol. The van der Waals surface area contributed by atoms with Crippen molar-refractivity contribution >= 4 is 24.4 Å². The Labute approximate surface area is 103 Å². The molecule has 0 N–H and O–H groups in total. The first-order chi connectivity index (χ1) is 7.46. The molecular formula is C12H21NO2S. The van der Waals surface area contributed by atoms with Gasteiger partial charge in [-0.3, -0.25) is 14.5 Å². The molecule has 1 rings (SSSR count). The van der Waals surface area contributed by atoms with Gasteiger partial charge in [-0.25, -0.2) is 0 Å². The van der Waals surface area contributed by atoms with Gasteiger partial charge in [0.05, 0.1) is 0 Å². The van der Waals surface area contributed by atoms with Crippen LogP contribution in [0.4, 0.5) is 0 Å². The first kappa shape index (κ1) is 13.6. The summed E-state index contributed by atoms with van der Waals surface area (Å²) < 4.78 is 0. The molecule has 0 saturated carbocycles. The maximum atomic E-state index is 11.8. The van der Waals surface area contributed by atoms with Gasteiger partial charge in [0.25, 0.3) is 0 Å². The lowest BCUT2D eigenvalue weighted by atomic mass is 9.82. The summed E-state index contributed by atoms with van der Waals surface area (Å²) in [6.45, 7) is 4.53. The summed E-state index contributed by atoms with van der Waals surface area (Å²) in [4.78, 5) is 25.0. The minimum atomic E-state index is -0.157. The van der Waals surface area contributed by atoms with Crippen LogP contribution in [0.5, 0.6) is 0 Å². The van der Waals surface area contributed by atoms with Gasteiger partial charge in [0, 0.05) is 19.4 Å². The molecule has 0 aromatic heterocycles. The third-order valence-electron chi connectivity index (χ3n) is 2.90. The quantitative estimate of drug-likeness (QED) is 0.457. The van der Waals surface area contributed by atoms with Gasteiger partial charge in [-0.1, -0.05) is 20.3 Å². The fraction of sp³-hybridized carbons (Fsp3) is 0.833. The number of thiol groups is 1. The average molecular weight is 243 g/mol. The Morgan fingerprint density at radius 1 is 1.12 bits per heavy atom. The van der Waals surface area contributed by atoms with Gasteiger partial charge in [-0.15, -0.1) is 0 Å². The topological polar surface area (TPSA) is 37.4 Å². The van der Waals surface area contributed by atoms with Crippen LogP contribution in [-0.4, -0.2) is 29.0 Å². The summed E-state index contributed by atoms with van der Waals surface area (Å²) in [5, 5.41) is 0. The first-order valence-corrected chi connectivity index (χ1v) is 6.53. The SMILES string of the molecule is CC1(C)CC(=O)N(CCCCCS)C(=O)C1. The van der Waals surface area contributed by atoms with Crippen LogP contribution in [0.3, 0.4) is 0 Å². The van der Waals surface area contributed by atoms with Gasteiger partial charge in [0.1, 0.15) is 0 Å².